The number of aryl methyl sites for hydroxylation is 1. The molecule has 0 spiro atoms. The summed E-state index contributed by atoms with van der Waals surface area (Å²) in [5.41, 5.74) is 2.29. The molecular weight excluding hydrogens is 342 g/mol. The van der Waals surface area contributed by atoms with Gasteiger partial charge in [0.05, 0.1) is 29.9 Å². The van der Waals surface area contributed by atoms with Crippen molar-refractivity contribution in [3.63, 3.8) is 0 Å². The summed E-state index contributed by atoms with van der Waals surface area (Å²) in [6.07, 6.45) is 4.34. The Bertz CT molecular complexity index is 1000. The molecular formula is C21H21N3O3. The fraction of sp³-hybridized carbons (Fsp3) is 0.286. The number of aliphatic carboxylic acids is 1. The molecule has 27 heavy (non-hydrogen) atoms. The largest absolute Gasteiger partial charge is 0.481 e. The Morgan fingerprint density at radius 1 is 1.15 bits per heavy atom. The van der Waals surface area contributed by atoms with Crippen molar-refractivity contribution in [3.8, 4) is 0 Å². The van der Waals surface area contributed by atoms with E-state index in [0.29, 0.717) is 5.56 Å². The molecule has 1 aliphatic rings. The van der Waals surface area contributed by atoms with Crippen molar-refractivity contribution in [2.45, 2.75) is 38.3 Å². The van der Waals surface area contributed by atoms with Crippen molar-refractivity contribution < 1.29 is 14.7 Å². The molecule has 0 unspecified atom stereocenters. The number of nitrogens with zero attached hydrogens (tertiary/aromatic N) is 2. The molecule has 6 heteroatoms. The first-order chi connectivity index (χ1) is 13.1. The van der Waals surface area contributed by atoms with Crippen LogP contribution in [0.25, 0.3) is 10.8 Å². The topological polar surface area (TPSA) is 84.2 Å². The number of benzene rings is 2. The Balaban J connectivity index is 1.67. The summed E-state index contributed by atoms with van der Waals surface area (Å²) in [7, 11) is 0. The molecule has 138 valence electrons. The van der Waals surface area contributed by atoms with Gasteiger partial charge in [-0.3, -0.25) is 14.3 Å². The van der Waals surface area contributed by atoms with E-state index in [1.54, 1.807) is 6.20 Å². The van der Waals surface area contributed by atoms with Gasteiger partial charge < -0.3 is 10.4 Å². The van der Waals surface area contributed by atoms with Gasteiger partial charge in [-0.25, -0.2) is 0 Å². The highest BCUT2D eigenvalue weighted by Gasteiger charge is 2.24. The van der Waals surface area contributed by atoms with E-state index in [4.69, 9.17) is 0 Å². The van der Waals surface area contributed by atoms with Gasteiger partial charge in [-0.2, -0.15) is 5.10 Å². The Hall–Kier alpha value is -3.15. The van der Waals surface area contributed by atoms with E-state index in [1.807, 2.05) is 47.1 Å². The van der Waals surface area contributed by atoms with Crippen LogP contribution in [-0.2, 0) is 17.8 Å². The quantitative estimate of drug-likeness (QED) is 0.728. The van der Waals surface area contributed by atoms with E-state index in [1.165, 1.54) is 0 Å². The monoisotopic (exact) mass is 363 g/mol. The van der Waals surface area contributed by atoms with Crippen LogP contribution in [0, 0.1) is 0 Å². The van der Waals surface area contributed by atoms with Crippen LogP contribution in [0.3, 0.4) is 0 Å². The van der Waals surface area contributed by atoms with Gasteiger partial charge in [-0.05, 0) is 35.6 Å². The van der Waals surface area contributed by atoms with Gasteiger partial charge in [0.25, 0.3) is 5.91 Å². The molecule has 0 saturated heterocycles. The maximum Gasteiger partial charge on any atom is 0.305 e. The minimum absolute atomic E-state index is 0.177. The third-order valence-corrected chi connectivity index (χ3v) is 5.11. The SMILES string of the molecule is O=C(O)C[C@@H](NC(=O)c1cnn2c1CCCC2)c1cccc2ccccc12. The van der Waals surface area contributed by atoms with Crippen molar-refractivity contribution in [3.05, 3.63) is 65.5 Å². The molecule has 1 aliphatic heterocycles. The predicted molar refractivity (Wildman–Crippen MR) is 102 cm³/mol. The molecule has 2 N–H and O–H groups in total. The second-order valence-corrected chi connectivity index (χ2v) is 6.88. The number of carboxylic acids is 1. The number of aromatic nitrogens is 2. The summed E-state index contributed by atoms with van der Waals surface area (Å²) in [4.78, 5) is 24.4. The van der Waals surface area contributed by atoms with Crippen molar-refractivity contribution in [2.75, 3.05) is 0 Å². The van der Waals surface area contributed by atoms with Gasteiger partial charge in [-0.15, -0.1) is 0 Å². The molecule has 4 rings (SSSR count). The first-order valence-electron chi connectivity index (χ1n) is 9.18. The van der Waals surface area contributed by atoms with Crippen molar-refractivity contribution >= 4 is 22.6 Å². The molecule has 2 heterocycles. The maximum atomic E-state index is 12.9. The van der Waals surface area contributed by atoms with E-state index < -0.39 is 12.0 Å². The second-order valence-electron chi connectivity index (χ2n) is 6.88. The third-order valence-electron chi connectivity index (χ3n) is 5.11. The summed E-state index contributed by atoms with van der Waals surface area (Å²) in [5, 5.41) is 18.6. The molecule has 0 radical (unpaired) electrons. The standard InChI is InChI=1S/C21H21N3O3/c25-20(26)12-18(16-9-5-7-14-6-1-2-8-15(14)16)23-21(27)17-13-22-24-11-4-3-10-19(17)24/h1-2,5-9,13,18H,3-4,10-12H2,(H,23,27)(H,25,26)/t18-/m1/s1. The fourth-order valence-corrected chi connectivity index (χ4v) is 3.81. The van der Waals surface area contributed by atoms with E-state index in [9.17, 15) is 14.7 Å². The summed E-state index contributed by atoms with van der Waals surface area (Å²) in [5.74, 6) is -1.22. The van der Waals surface area contributed by atoms with Crippen LogP contribution in [0.4, 0.5) is 0 Å². The molecule has 3 aromatic rings. The predicted octanol–water partition coefficient (Wildman–Crippen LogP) is 3.32. The average Bonchev–Trinajstić information content (AvgIpc) is 3.11. The number of carboxylic acid groups (broad SMARTS) is 1. The highest BCUT2D eigenvalue weighted by molar-refractivity contribution is 5.96. The fourth-order valence-electron chi connectivity index (χ4n) is 3.81. The van der Waals surface area contributed by atoms with Gasteiger partial charge >= 0.3 is 5.97 Å². The zero-order valence-corrected chi connectivity index (χ0v) is 14.9. The molecule has 1 amide bonds. The van der Waals surface area contributed by atoms with Crippen LogP contribution in [-0.4, -0.2) is 26.8 Å². The third kappa shape index (κ3) is 3.43. The van der Waals surface area contributed by atoms with Crippen LogP contribution in [0.15, 0.2) is 48.7 Å². The van der Waals surface area contributed by atoms with Gasteiger partial charge in [0.2, 0.25) is 0 Å². The molecule has 0 bridgehead atoms. The summed E-state index contributed by atoms with van der Waals surface area (Å²) < 4.78 is 1.88. The van der Waals surface area contributed by atoms with Crippen LogP contribution in [0.2, 0.25) is 0 Å². The van der Waals surface area contributed by atoms with Gasteiger partial charge in [0.15, 0.2) is 0 Å². The summed E-state index contributed by atoms with van der Waals surface area (Å²) in [6, 6.07) is 12.9. The lowest BCUT2D eigenvalue weighted by Crippen LogP contribution is -2.31. The Morgan fingerprint density at radius 3 is 2.81 bits per heavy atom. The molecule has 0 saturated carbocycles. The maximum absolute atomic E-state index is 12.9. The molecule has 2 aromatic carbocycles. The minimum Gasteiger partial charge on any atom is -0.481 e. The number of carbonyl (C=O) groups is 2. The average molecular weight is 363 g/mol. The van der Waals surface area contributed by atoms with Crippen molar-refractivity contribution in [1.82, 2.24) is 15.1 Å². The van der Waals surface area contributed by atoms with Gasteiger partial charge in [0.1, 0.15) is 0 Å². The number of nitrogens with one attached hydrogen (secondary N) is 1. The van der Waals surface area contributed by atoms with E-state index in [0.717, 1.165) is 47.8 Å². The summed E-state index contributed by atoms with van der Waals surface area (Å²) >= 11 is 0. The molecule has 6 nitrogen and oxygen atoms in total. The number of rotatable bonds is 5. The lowest BCUT2D eigenvalue weighted by Gasteiger charge is -2.20. The zero-order valence-electron chi connectivity index (χ0n) is 14.9. The zero-order chi connectivity index (χ0) is 18.8. The van der Waals surface area contributed by atoms with Crippen molar-refractivity contribution in [1.29, 1.82) is 0 Å². The van der Waals surface area contributed by atoms with Crippen LogP contribution in [0.5, 0.6) is 0 Å². The Labute approximate surface area is 156 Å². The number of fused-ring (bicyclic) bond motifs is 2. The molecule has 1 atom stereocenters. The van der Waals surface area contributed by atoms with E-state index >= 15 is 0 Å². The van der Waals surface area contributed by atoms with Crippen molar-refractivity contribution in [2.24, 2.45) is 0 Å². The molecule has 0 fully saturated rings. The number of hydrogen-bond donors (Lipinski definition) is 2. The van der Waals surface area contributed by atoms with E-state index in [2.05, 4.69) is 10.4 Å². The highest BCUT2D eigenvalue weighted by atomic mass is 16.4. The summed E-state index contributed by atoms with van der Waals surface area (Å²) in [6.45, 7) is 0.824. The lowest BCUT2D eigenvalue weighted by molar-refractivity contribution is -0.137. The van der Waals surface area contributed by atoms with Crippen LogP contribution >= 0.6 is 0 Å². The van der Waals surface area contributed by atoms with Gasteiger partial charge in [0, 0.05) is 6.54 Å². The smallest absolute Gasteiger partial charge is 0.305 e. The first kappa shape index (κ1) is 17.3. The first-order valence-corrected chi connectivity index (χ1v) is 9.18. The molecule has 1 aromatic heterocycles. The van der Waals surface area contributed by atoms with Crippen LogP contribution < -0.4 is 5.32 Å². The highest BCUT2D eigenvalue weighted by Crippen LogP contribution is 2.27. The second kappa shape index (κ2) is 7.23. The molecule has 0 aliphatic carbocycles. The number of hydrogen-bond acceptors (Lipinski definition) is 3. The Morgan fingerprint density at radius 2 is 1.96 bits per heavy atom. The Kier molecular flexibility index (Phi) is 4.62. The normalized spacial score (nSPS) is 14.5. The van der Waals surface area contributed by atoms with Gasteiger partial charge in [-0.1, -0.05) is 42.5 Å². The van der Waals surface area contributed by atoms with E-state index in [-0.39, 0.29) is 12.3 Å². The number of amides is 1. The number of carbonyl (C=O) groups excluding carboxylic acids is 1. The van der Waals surface area contributed by atoms with Crippen LogP contribution in [0.1, 0.15) is 46.9 Å². The minimum atomic E-state index is -0.953. The lowest BCUT2D eigenvalue weighted by atomic mass is 9.96.